The van der Waals surface area contributed by atoms with Crippen molar-refractivity contribution in [1.82, 2.24) is 5.32 Å². The van der Waals surface area contributed by atoms with Crippen LogP contribution < -0.4 is 11.1 Å². The molecule has 19 heavy (non-hydrogen) atoms. The van der Waals surface area contributed by atoms with Gasteiger partial charge in [-0.1, -0.05) is 32.3 Å². The molecular weight excluding hydrogens is 242 g/mol. The normalized spacial score (nSPS) is 26.2. The van der Waals surface area contributed by atoms with Gasteiger partial charge in [-0.15, -0.1) is 0 Å². The third kappa shape index (κ3) is 4.40. The van der Waals surface area contributed by atoms with Crippen LogP contribution in [-0.4, -0.2) is 23.0 Å². The summed E-state index contributed by atoms with van der Waals surface area (Å²) in [4.78, 5) is 12.2. The fraction of sp³-hybridized carbons (Fsp3) is 0.857. The van der Waals surface area contributed by atoms with Gasteiger partial charge in [0, 0.05) is 6.04 Å². The van der Waals surface area contributed by atoms with Crippen molar-refractivity contribution in [2.24, 2.45) is 28.6 Å². The maximum Gasteiger partial charge on any atom is 0.231 e. The minimum Gasteiger partial charge on any atom is -0.409 e. The van der Waals surface area contributed by atoms with E-state index < -0.39 is 5.92 Å². The molecule has 0 saturated heterocycles. The Morgan fingerprint density at radius 1 is 1.37 bits per heavy atom. The van der Waals surface area contributed by atoms with Gasteiger partial charge in [0.15, 0.2) is 5.84 Å². The lowest BCUT2D eigenvalue weighted by Gasteiger charge is -2.30. The molecule has 0 aromatic rings. The number of nitrogens with two attached hydrogens (primary N) is 1. The van der Waals surface area contributed by atoms with E-state index in [1.165, 1.54) is 19.3 Å². The van der Waals surface area contributed by atoms with Crippen molar-refractivity contribution < 1.29 is 10.0 Å². The first-order chi connectivity index (χ1) is 8.99. The first-order valence-electron chi connectivity index (χ1n) is 7.27. The number of hydrogen-bond acceptors (Lipinski definition) is 3. The van der Waals surface area contributed by atoms with Crippen molar-refractivity contribution in [3.05, 3.63) is 0 Å². The van der Waals surface area contributed by atoms with E-state index in [4.69, 9.17) is 10.9 Å². The van der Waals surface area contributed by atoms with E-state index in [9.17, 15) is 4.79 Å². The van der Waals surface area contributed by atoms with E-state index in [2.05, 4.69) is 17.4 Å². The third-order valence-corrected chi connectivity index (χ3v) is 4.15. The number of amides is 1. The van der Waals surface area contributed by atoms with Gasteiger partial charge in [0.05, 0.1) is 0 Å². The zero-order valence-electron chi connectivity index (χ0n) is 12.2. The lowest BCUT2D eigenvalue weighted by Crippen LogP contribution is -2.46. The Bertz CT molecular complexity index is 321. The number of amidine groups is 1. The third-order valence-electron chi connectivity index (χ3n) is 4.15. The van der Waals surface area contributed by atoms with Crippen molar-refractivity contribution in [1.29, 1.82) is 0 Å². The van der Waals surface area contributed by atoms with Crippen LogP contribution in [-0.2, 0) is 4.79 Å². The summed E-state index contributed by atoms with van der Waals surface area (Å²) in [5.41, 5.74) is 5.61. The molecular formula is C14H27N3O2. The zero-order chi connectivity index (χ0) is 14.4. The maximum atomic E-state index is 12.2. The lowest BCUT2D eigenvalue weighted by atomic mass is 9.84. The molecule has 110 valence electrons. The molecule has 0 spiro atoms. The first-order valence-corrected chi connectivity index (χ1v) is 7.27. The Balaban J connectivity index is 2.54. The Kier molecular flexibility index (Phi) is 6.12. The van der Waals surface area contributed by atoms with Crippen LogP contribution in [0.25, 0.3) is 0 Å². The summed E-state index contributed by atoms with van der Waals surface area (Å²) in [7, 11) is 0. The molecule has 1 amide bonds. The summed E-state index contributed by atoms with van der Waals surface area (Å²) in [5.74, 6) is 0.148. The Labute approximate surface area is 115 Å². The molecule has 0 aliphatic heterocycles. The van der Waals surface area contributed by atoms with Crippen LogP contribution in [0.1, 0.15) is 52.9 Å². The average molecular weight is 269 g/mol. The molecule has 1 fully saturated rings. The number of nitrogens with one attached hydrogen (secondary N) is 1. The van der Waals surface area contributed by atoms with Crippen LogP contribution in [0.2, 0.25) is 0 Å². The number of hydrogen-bond donors (Lipinski definition) is 3. The molecule has 0 radical (unpaired) electrons. The van der Waals surface area contributed by atoms with Gasteiger partial charge in [-0.05, 0) is 37.5 Å². The van der Waals surface area contributed by atoms with Gasteiger partial charge in [0.2, 0.25) is 5.91 Å². The molecule has 4 N–H and O–H groups in total. The van der Waals surface area contributed by atoms with Gasteiger partial charge >= 0.3 is 0 Å². The van der Waals surface area contributed by atoms with Crippen LogP contribution in [0.5, 0.6) is 0 Å². The molecule has 0 bridgehead atoms. The van der Waals surface area contributed by atoms with E-state index in [0.717, 1.165) is 18.8 Å². The number of oxime groups is 1. The molecule has 0 aromatic carbocycles. The highest BCUT2D eigenvalue weighted by molar-refractivity contribution is 6.02. The summed E-state index contributed by atoms with van der Waals surface area (Å²) in [6, 6.07) is 0.239. The van der Waals surface area contributed by atoms with Crippen LogP contribution in [0.15, 0.2) is 5.16 Å². The monoisotopic (exact) mass is 269 g/mol. The molecule has 1 aliphatic carbocycles. The van der Waals surface area contributed by atoms with Gasteiger partial charge in [0.25, 0.3) is 0 Å². The van der Waals surface area contributed by atoms with Crippen molar-refractivity contribution >= 4 is 11.7 Å². The topological polar surface area (TPSA) is 87.7 Å². The molecule has 0 heterocycles. The maximum absolute atomic E-state index is 12.2. The standard InChI is InChI=1S/C14H27N3O2/c1-4-10-5-7-11(8-6-10)16-14(18)12(9(2)3)13(15)17-19/h9-12,19H,4-8H2,1-3H3,(H2,15,17)(H,16,18). The first kappa shape index (κ1) is 15.8. The largest absolute Gasteiger partial charge is 0.409 e. The second-order valence-corrected chi connectivity index (χ2v) is 5.88. The van der Waals surface area contributed by atoms with Crippen LogP contribution in [0.4, 0.5) is 0 Å². The summed E-state index contributed by atoms with van der Waals surface area (Å²) in [6.07, 6.45) is 5.64. The highest BCUT2D eigenvalue weighted by Gasteiger charge is 2.29. The summed E-state index contributed by atoms with van der Waals surface area (Å²) < 4.78 is 0. The molecule has 5 heteroatoms. The summed E-state index contributed by atoms with van der Waals surface area (Å²) in [5, 5.41) is 14.8. The number of carbonyl (C=O) groups excluding carboxylic acids is 1. The van der Waals surface area contributed by atoms with Crippen molar-refractivity contribution in [2.45, 2.75) is 58.9 Å². The van der Waals surface area contributed by atoms with E-state index in [0.29, 0.717) is 0 Å². The number of carbonyl (C=O) groups is 1. The SMILES string of the molecule is CCC1CCC(NC(=O)C(C(N)=NO)C(C)C)CC1. The molecule has 0 aromatic heterocycles. The lowest BCUT2D eigenvalue weighted by molar-refractivity contribution is -0.125. The average Bonchev–Trinajstić information content (AvgIpc) is 2.39. The molecule has 1 rings (SSSR count). The van der Waals surface area contributed by atoms with E-state index in [-0.39, 0.29) is 23.7 Å². The molecule has 1 saturated carbocycles. The van der Waals surface area contributed by atoms with Crippen molar-refractivity contribution in [3.63, 3.8) is 0 Å². The highest BCUT2D eigenvalue weighted by Crippen LogP contribution is 2.26. The molecule has 5 nitrogen and oxygen atoms in total. The fourth-order valence-corrected chi connectivity index (χ4v) is 2.85. The summed E-state index contributed by atoms with van der Waals surface area (Å²) in [6.45, 7) is 6.02. The Hall–Kier alpha value is -1.26. The van der Waals surface area contributed by atoms with Gasteiger partial charge in [-0.2, -0.15) is 0 Å². The molecule has 1 aliphatic rings. The fourth-order valence-electron chi connectivity index (χ4n) is 2.85. The predicted octanol–water partition coefficient (Wildman–Crippen LogP) is 2.09. The van der Waals surface area contributed by atoms with Gasteiger partial charge in [-0.3, -0.25) is 4.79 Å². The minimum absolute atomic E-state index is 0.00487. The second kappa shape index (κ2) is 7.36. The Morgan fingerprint density at radius 2 is 1.95 bits per heavy atom. The molecule has 1 unspecified atom stereocenters. The van der Waals surface area contributed by atoms with E-state index in [1.807, 2.05) is 13.8 Å². The van der Waals surface area contributed by atoms with Crippen molar-refractivity contribution in [2.75, 3.05) is 0 Å². The minimum atomic E-state index is -0.547. The summed E-state index contributed by atoms with van der Waals surface area (Å²) >= 11 is 0. The predicted molar refractivity (Wildman–Crippen MR) is 75.9 cm³/mol. The quantitative estimate of drug-likeness (QED) is 0.309. The van der Waals surface area contributed by atoms with Crippen molar-refractivity contribution in [3.8, 4) is 0 Å². The van der Waals surface area contributed by atoms with Crippen LogP contribution in [0, 0.1) is 17.8 Å². The second-order valence-electron chi connectivity index (χ2n) is 5.88. The number of rotatable bonds is 5. The van der Waals surface area contributed by atoms with Gasteiger partial charge in [0.1, 0.15) is 5.92 Å². The van der Waals surface area contributed by atoms with Crippen LogP contribution >= 0.6 is 0 Å². The molecule has 1 atom stereocenters. The van der Waals surface area contributed by atoms with E-state index in [1.54, 1.807) is 0 Å². The number of nitrogens with zero attached hydrogens (tertiary/aromatic N) is 1. The highest BCUT2D eigenvalue weighted by atomic mass is 16.4. The van der Waals surface area contributed by atoms with Crippen LogP contribution in [0.3, 0.4) is 0 Å². The van der Waals surface area contributed by atoms with E-state index >= 15 is 0 Å². The smallest absolute Gasteiger partial charge is 0.231 e. The zero-order valence-corrected chi connectivity index (χ0v) is 12.2. The Morgan fingerprint density at radius 3 is 2.37 bits per heavy atom. The van der Waals surface area contributed by atoms with Gasteiger partial charge in [-0.25, -0.2) is 0 Å². The van der Waals surface area contributed by atoms with Gasteiger partial charge < -0.3 is 16.3 Å².